The number of ether oxygens (including phenoxy) is 1. The number of piperidine rings is 1. The number of aromatic nitrogens is 2. The smallest absolute Gasteiger partial charge is 0.409 e. The summed E-state index contributed by atoms with van der Waals surface area (Å²) in [7, 11) is 0. The zero-order valence-corrected chi connectivity index (χ0v) is 16.8. The van der Waals surface area contributed by atoms with Crippen LogP contribution in [0, 0.1) is 0 Å². The van der Waals surface area contributed by atoms with Gasteiger partial charge in [0.2, 0.25) is 0 Å². The number of hydrogen-bond acceptors (Lipinski definition) is 7. The third-order valence-corrected chi connectivity index (χ3v) is 5.35. The molecule has 2 aliphatic rings. The molecule has 0 radical (unpaired) electrons. The van der Waals surface area contributed by atoms with Crippen LogP contribution in [0.3, 0.4) is 0 Å². The highest BCUT2D eigenvalue weighted by Gasteiger charge is 2.25. The number of carbonyl (C=O) groups excluding carboxylic acids is 2. The summed E-state index contributed by atoms with van der Waals surface area (Å²) in [5, 5.41) is 3.35. The summed E-state index contributed by atoms with van der Waals surface area (Å²) in [5.41, 5.74) is 0.382. The number of amides is 2. The first-order valence-electron chi connectivity index (χ1n) is 10.1. The number of piperazine rings is 1. The first kappa shape index (κ1) is 20.3. The van der Waals surface area contributed by atoms with Gasteiger partial charge in [0.25, 0.3) is 5.91 Å². The molecule has 0 unspecified atom stereocenters. The number of carbonyl (C=O) groups is 2. The van der Waals surface area contributed by atoms with Crippen molar-refractivity contribution in [2.24, 2.45) is 0 Å². The van der Waals surface area contributed by atoms with Gasteiger partial charge in [-0.25, -0.2) is 14.8 Å². The van der Waals surface area contributed by atoms with Crippen molar-refractivity contribution < 1.29 is 14.3 Å². The summed E-state index contributed by atoms with van der Waals surface area (Å²) in [6, 6.07) is 0.226. The van der Waals surface area contributed by atoms with Crippen LogP contribution >= 0.6 is 0 Å². The third kappa shape index (κ3) is 5.09. The molecule has 0 saturated carbocycles. The van der Waals surface area contributed by atoms with E-state index >= 15 is 0 Å². The number of nitrogens with zero attached hydrogens (tertiary/aromatic N) is 5. The molecule has 0 bridgehead atoms. The molecule has 0 aromatic carbocycles. The zero-order chi connectivity index (χ0) is 19.9. The van der Waals surface area contributed by atoms with Crippen LogP contribution in [-0.4, -0.2) is 95.1 Å². The Hall–Kier alpha value is -2.42. The fraction of sp³-hybridized carbons (Fsp3) is 0.684. The molecule has 2 aliphatic heterocycles. The number of hydrogen-bond donors (Lipinski definition) is 1. The Kier molecular flexibility index (Phi) is 7.02. The molecule has 9 heteroatoms. The molecule has 1 N–H and O–H groups in total. The maximum absolute atomic E-state index is 12.6. The first-order valence-corrected chi connectivity index (χ1v) is 10.1. The molecule has 0 aliphatic carbocycles. The van der Waals surface area contributed by atoms with E-state index in [4.69, 9.17) is 4.74 Å². The second kappa shape index (κ2) is 9.68. The monoisotopic (exact) mass is 390 g/mol. The van der Waals surface area contributed by atoms with Crippen molar-refractivity contribution in [3.05, 3.63) is 18.1 Å². The van der Waals surface area contributed by atoms with Gasteiger partial charge in [0, 0.05) is 45.3 Å². The highest BCUT2D eigenvalue weighted by atomic mass is 16.6. The van der Waals surface area contributed by atoms with E-state index in [0.717, 1.165) is 45.6 Å². The topological polar surface area (TPSA) is 90.9 Å². The van der Waals surface area contributed by atoms with Crippen molar-refractivity contribution in [2.75, 3.05) is 57.7 Å². The Bertz CT molecular complexity index is 652. The van der Waals surface area contributed by atoms with E-state index in [0.29, 0.717) is 31.2 Å². The Balaban J connectivity index is 1.47. The SMILES string of the molecule is CCOC(=O)N1CCC(Nc2cnc(C(=O)N3CCN(CC)CC3)cn2)CC1. The molecule has 2 amide bonds. The minimum Gasteiger partial charge on any atom is -0.450 e. The second-order valence-corrected chi connectivity index (χ2v) is 7.12. The van der Waals surface area contributed by atoms with Gasteiger partial charge in [-0.3, -0.25) is 4.79 Å². The average Bonchev–Trinajstić information content (AvgIpc) is 2.74. The zero-order valence-electron chi connectivity index (χ0n) is 16.8. The van der Waals surface area contributed by atoms with Crippen molar-refractivity contribution in [1.82, 2.24) is 24.7 Å². The largest absolute Gasteiger partial charge is 0.450 e. The van der Waals surface area contributed by atoms with Crippen molar-refractivity contribution >= 4 is 17.8 Å². The van der Waals surface area contributed by atoms with Crippen LogP contribution in [0.5, 0.6) is 0 Å². The van der Waals surface area contributed by atoms with Gasteiger partial charge >= 0.3 is 6.09 Å². The number of rotatable bonds is 5. The lowest BCUT2D eigenvalue weighted by Gasteiger charge is -2.33. The maximum Gasteiger partial charge on any atom is 0.409 e. The van der Waals surface area contributed by atoms with Gasteiger partial charge in [-0.2, -0.15) is 0 Å². The molecule has 2 fully saturated rings. The van der Waals surface area contributed by atoms with Crippen LogP contribution < -0.4 is 5.32 Å². The minimum atomic E-state index is -0.247. The van der Waals surface area contributed by atoms with Gasteiger partial charge < -0.3 is 24.8 Å². The molecular weight excluding hydrogens is 360 g/mol. The van der Waals surface area contributed by atoms with Crippen molar-refractivity contribution in [3.8, 4) is 0 Å². The van der Waals surface area contributed by atoms with E-state index in [1.54, 1.807) is 17.3 Å². The molecule has 3 heterocycles. The van der Waals surface area contributed by atoms with Gasteiger partial charge in [0.15, 0.2) is 0 Å². The van der Waals surface area contributed by atoms with E-state index in [-0.39, 0.29) is 18.0 Å². The molecule has 0 spiro atoms. The minimum absolute atomic E-state index is 0.0578. The fourth-order valence-corrected chi connectivity index (χ4v) is 3.57. The normalized spacial score (nSPS) is 18.8. The van der Waals surface area contributed by atoms with Crippen molar-refractivity contribution in [3.63, 3.8) is 0 Å². The predicted molar refractivity (Wildman–Crippen MR) is 105 cm³/mol. The lowest BCUT2D eigenvalue weighted by atomic mass is 10.1. The molecule has 28 heavy (non-hydrogen) atoms. The van der Waals surface area contributed by atoms with Crippen molar-refractivity contribution in [2.45, 2.75) is 32.7 Å². The Labute approximate surface area is 166 Å². The summed E-state index contributed by atoms with van der Waals surface area (Å²) < 4.78 is 5.04. The molecule has 0 atom stereocenters. The highest BCUT2D eigenvalue weighted by molar-refractivity contribution is 5.92. The Morgan fingerprint density at radius 3 is 2.32 bits per heavy atom. The summed E-state index contributed by atoms with van der Waals surface area (Å²) in [4.78, 5) is 38.9. The van der Waals surface area contributed by atoms with Crippen LogP contribution in [-0.2, 0) is 4.74 Å². The molecule has 2 saturated heterocycles. The van der Waals surface area contributed by atoms with E-state index < -0.39 is 0 Å². The Morgan fingerprint density at radius 2 is 1.75 bits per heavy atom. The maximum atomic E-state index is 12.6. The van der Waals surface area contributed by atoms with Gasteiger partial charge in [0.05, 0.1) is 19.0 Å². The summed E-state index contributed by atoms with van der Waals surface area (Å²) >= 11 is 0. The van der Waals surface area contributed by atoms with E-state index in [9.17, 15) is 9.59 Å². The van der Waals surface area contributed by atoms with Crippen LogP contribution in [0.4, 0.5) is 10.6 Å². The van der Waals surface area contributed by atoms with Crippen LogP contribution in [0.25, 0.3) is 0 Å². The van der Waals surface area contributed by atoms with E-state index in [1.807, 2.05) is 11.8 Å². The number of likely N-dealkylation sites (tertiary alicyclic amines) is 1. The van der Waals surface area contributed by atoms with E-state index in [1.165, 1.54) is 0 Å². The lowest BCUT2D eigenvalue weighted by Crippen LogP contribution is -2.48. The molecule has 1 aromatic rings. The molecule has 9 nitrogen and oxygen atoms in total. The number of likely N-dealkylation sites (N-methyl/N-ethyl adjacent to an activating group) is 1. The quantitative estimate of drug-likeness (QED) is 0.810. The van der Waals surface area contributed by atoms with Gasteiger partial charge in [-0.15, -0.1) is 0 Å². The molecule has 154 valence electrons. The summed E-state index contributed by atoms with van der Waals surface area (Å²) in [5.74, 6) is 0.597. The van der Waals surface area contributed by atoms with E-state index in [2.05, 4.69) is 27.1 Å². The van der Waals surface area contributed by atoms with Crippen LogP contribution in [0.1, 0.15) is 37.2 Å². The molecule has 1 aromatic heterocycles. The lowest BCUT2D eigenvalue weighted by molar-refractivity contribution is 0.0637. The molecular formula is C19H30N6O3. The van der Waals surface area contributed by atoms with Crippen LogP contribution in [0.2, 0.25) is 0 Å². The standard InChI is InChI=1S/C19H30N6O3/c1-3-23-9-11-24(12-10-23)18(26)16-13-21-17(14-20-16)22-15-5-7-25(8-6-15)19(27)28-4-2/h13-15H,3-12H2,1-2H3,(H,21,22). The second-order valence-electron chi connectivity index (χ2n) is 7.12. The average molecular weight is 390 g/mol. The third-order valence-electron chi connectivity index (χ3n) is 5.35. The summed E-state index contributed by atoms with van der Waals surface area (Å²) in [6.07, 6.45) is 4.56. The number of nitrogens with one attached hydrogen (secondary N) is 1. The fourth-order valence-electron chi connectivity index (χ4n) is 3.57. The first-order chi connectivity index (χ1) is 13.6. The predicted octanol–water partition coefficient (Wildman–Crippen LogP) is 1.29. The Morgan fingerprint density at radius 1 is 1.04 bits per heavy atom. The van der Waals surface area contributed by atoms with Crippen molar-refractivity contribution in [1.29, 1.82) is 0 Å². The highest BCUT2D eigenvalue weighted by Crippen LogP contribution is 2.16. The van der Waals surface area contributed by atoms with Gasteiger partial charge in [0.1, 0.15) is 11.5 Å². The van der Waals surface area contributed by atoms with Crippen LogP contribution in [0.15, 0.2) is 12.4 Å². The van der Waals surface area contributed by atoms with Gasteiger partial charge in [-0.1, -0.05) is 6.92 Å². The van der Waals surface area contributed by atoms with Gasteiger partial charge in [-0.05, 0) is 26.3 Å². The summed E-state index contributed by atoms with van der Waals surface area (Å²) in [6.45, 7) is 9.93. The molecule has 3 rings (SSSR count). The number of anilines is 1.